The fourth-order valence-electron chi connectivity index (χ4n) is 1.07. The highest BCUT2D eigenvalue weighted by Crippen LogP contribution is 2.16. The van der Waals surface area contributed by atoms with Crippen LogP contribution in [0.4, 0.5) is 13.2 Å². The predicted octanol–water partition coefficient (Wildman–Crippen LogP) is 1.48. The van der Waals surface area contributed by atoms with E-state index in [4.69, 9.17) is 10.8 Å². The van der Waals surface area contributed by atoms with E-state index in [2.05, 4.69) is 0 Å². The zero-order chi connectivity index (χ0) is 11.6. The predicted molar refractivity (Wildman–Crippen MR) is 52.9 cm³/mol. The van der Waals surface area contributed by atoms with Crippen LogP contribution in [0.15, 0.2) is 12.1 Å². The maximum atomic E-state index is 13.0. The first-order chi connectivity index (χ1) is 6.91. The average Bonchev–Trinajstić information content (AvgIpc) is 2.10. The van der Waals surface area contributed by atoms with Crippen molar-refractivity contribution in [1.82, 2.24) is 0 Å². The van der Waals surface area contributed by atoms with E-state index in [1.807, 2.05) is 0 Å². The van der Waals surface area contributed by atoms with E-state index in [-0.39, 0.29) is 12.4 Å². The number of hydrogen-bond acceptors (Lipinski definition) is 2. The van der Waals surface area contributed by atoms with Crippen LogP contribution in [0.1, 0.15) is 5.56 Å². The van der Waals surface area contributed by atoms with Gasteiger partial charge in [-0.2, -0.15) is 0 Å². The quantitative estimate of drug-likeness (QED) is 0.860. The van der Waals surface area contributed by atoms with E-state index >= 15 is 0 Å². The van der Waals surface area contributed by atoms with Gasteiger partial charge in [-0.15, -0.1) is 12.4 Å². The molecule has 0 aliphatic rings. The molecular weight excluding hydrogens is 247 g/mol. The molecule has 1 rings (SSSR count). The Labute approximate surface area is 95.5 Å². The summed E-state index contributed by atoms with van der Waals surface area (Å²) in [5.74, 6) is -4.70. The van der Waals surface area contributed by atoms with Gasteiger partial charge in [0.2, 0.25) is 0 Å². The van der Waals surface area contributed by atoms with Crippen LogP contribution in [0.5, 0.6) is 0 Å². The molecule has 0 unspecified atom stereocenters. The summed E-state index contributed by atoms with van der Waals surface area (Å²) in [6.45, 7) is 0. The summed E-state index contributed by atoms with van der Waals surface area (Å²) >= 11 is 0. The highest BCUT2D eigenvalue weighted by Gasteiger charge is 2.18. The monoisotopic (exact) mass is 255 g/mol. The highest BCUT2D eigenvalue weighted by molar-refractivity contribution is 5.85. The van der Waals surface area contributed by atoms with Gasteiger partial charge in [0.1, 0.15) is 23.5 Å². The summed E-state index contributed by atoms with van der Waals surface area (Å²) < 4.78 is 38.5. The third kappa shape index (κ3) is 3.39. The summed E-state index contributed by atoms with van der Waals surface area (Å²) in [5, 5.41) is 8.44. The van der Waals surface area contributed by atoms with E-state index in [1.165, 1.54) is 0 Å². The smallest absolute Gasteiger partial charge is 0.320 e. The number of aliphatic carboxylic acids is 1. The number of halogens is 4. The molecule has 0 saturated heterocycles. The number of carboxylic acids is 1. The van der Waals surface area contributed by atoms with Gasteiger partial charge >= 0.3 is 5.97 Å². The van der Waals surface area contributed by atoms with Crippen molar-refractivity contribution in [3.05, 3.63) is 35.1 Å². The molecule has 7 heteroatoms. The lowest BCUT2D eigenvalue weighted by atomic mass is 10.1. The fourth-order valence-corrected chi connectivity index (χ4v) is 1.07. The van der Waals surface area contributed by atoms with Crippen LogP contribution >= 0.6 is 12.4 Å². The third-order valence-corrected chi connectivity index (χ3v) is 1.85. The van der Waals surface area contributed by atoms with Crippen LogP contribution in [0.25, 0.3) is 0 Å². The number of hydrogen-bond donors (Lipinski definition) is 2. The van der Waals surface area contributed by atoms with E-state index < -0.39 is 41.4 Å². The molecule has 0 fully saturated rings. The number of benzene rings is 1. The highest BCUT2D eigenvalue weighted by atomic mass is 35.5. The molecule has 0 bridgehead atoms. The summed E-state index contributed by atoms with van der Waals surface area (Å²) in [7, 11) is 0. The average molecular weight is 256 g/mol. The molecule has 0 spiro atoms. The second-order valence-corrected chi connectivity index (χ2v) is 3.00. The fraction of sp³-hybridized carbons (Fsp3) is 0.222. The Kier molecular flexibility index (Phi) is 5.26. The number of rotatable bonds is 3. The summed E-state index contributed by atoms with van der Waals surface area (Å²) in [4.78, 5) is 10.3. The van der Waals surface area contributed by atoms with Crippen molar-refractivity contribution in [2.45, 2.75) is 12.5 Å². The Morgan fingerprint density at radius 1 is 1.31 bits per heavy atom. The summed E-state index contributed by atoms with van der Waals surface area (Å²) in [6, 6.07) is -0.459. The lowest BCUT2D eigenvalue weighted by Crippen LogP contribution is -2.33. The Morgan fingerprint density at radius 2 is 1.75 bits per heavy atom. The molecule has 90 valence electrons. The molecule has 0 radical (unpaired) electrons. The molecule has 0 aliphatic heterocycles. The molecule has 0 saturated carbocycles. The van der Waals surface area contributed by atoms with Gasteiger partial charge in [-0.1, -0.05) is 0 Å². The molecule has 0 heterocycles. The van der Waals surface area contributed by atoms with Crippen LogP contribution in [0, 0.1) is 17.5 Å². The molecule has 0 amide bonds. The van der Waals surface area contributed by atoms with E-state index in [0.29, 0.717) is 12.1 Å². The van der Waals surface area contributed by atoms with Crippen molar-refractivity contribution in [3.63, 3.8) is 0 Å². The van der Waals surface area contributed by atoms with Crippen molar-refractivity contribution in [2.24, 2.45) is 5.73 Å². The SMILES string of the molecule is Cl.N[C@@H](Cc1c(F)cc(F)cc1F)C(=O)O. The number of carbonyl (C=O) groups is 1. The molecule has 0 aliphatic carbocycles. The van der Waals surface area contributed by atoms with Gasteiger partial charge in [0, 0.05) is 24.1 Å². The first-order valence-electron chi connectivity index (χ1n) is 4.03. The molecule has 3 nitrogen and oxygen atoms in total. The lowest BCUT2D eigenvalue weighted by molar-refractivity contribution is -0.138. The molecular formula is C9H9ClF3NO2. The van der Waals surface area contributed by atoms with Gasteiger partial charge in [0.05, 0.1) is 0 Å². The molecule has 16 heavy (non-hydrogen) atoms. The molecule has 0 aromatic heterocycles. The van der Waals surface area contributed by atoms with Gasteiger partial charge in [-0.05, 0) is 0 Å². The topological polar surface area (TPSA) is 63.3 Å². The van der Waals surface area contributed by atoms with Crippen LogP contribution < -0.4 is 5.73 Å². The number of nitrogens with two attached hydrogens (primary N) is 1. The van der Waals surface area contributed by atoms with Gasteiger partial charge < -0.3 is 10.8 Å². The van der Waals surface area contributed by atoms with Crippen LogP contribution in [0.2, 0.25) is 0 Å². The Morgan fingerprint density at radius 3 is 2.12 bits per heavy atom. The summed E-state index contributed by atoms with van der Waals surface area (Å²) in [5.41, 5.74) is 4.58. The molecule has 1 aromatic rings. The minimum Gasteiger partial charge on any atom is -0.480 e. The van der Waals surface area contributed by atoms with Crippen LogP contribution in [0.3, 0.4) is 0 Å². The van der Waals surface area contributed by atoms with Gasteiger partial charge in [-0.25, -0.2) is 13.2 Å². The molecule has 1 atom stereocenters. The standard InChI is InChI=1S/C9H8F3NO2.ClH/c10-4-1-6(11)5(7(12)2-4)3-8(13)9(14)15;/h1-2,8H,3,13H2,(H,14,15);1H/t8-;/m0./s1. The lowest BCUT2D eigenvalue weighted by Gasteiger charge is -2.08. The zero-order valence-electron chi connectivity index (χ0n) is 7.91. The molecule has 1 aromatic carbocycles. The van der Waals surface area contributed by atoms with E-state index in [9.17, 15) is 18.0 Å². The Hall–Kier alpha value is -1.27. The third-order valence-electron chi connectivity index (χ3n) is 1.85. The second kappa shape index (κ2) is 5.72. The first-order valence-corrected chi connectivity index (χ1v) is 4.03. The maximum Gasteiger partial charge on any atom is 0.320 e. The van der Waals surface area contributed by atoms with Crippen LogP contribution in [-0.4, -0.2) is 17.1 Å². The number of carboxylic acid groups (broad SMARTS) is 1. The Bertz CT molecular complexity index is 377. The van der Waals surface area contributed by atoms with Crippen molar-refractivity contribution >= 4 is 18.4 Å². The maximum absolute atomic E-state index is 13.0. The normalized spacial score (nSPS) is 11.8. The zero-order valence-corrected chi connectivity index (χ0v) is 8.73. The van der Waals surface area contributed by atoms with Gasteiger partial charge in [0.15, 0.2) is 0 Å². The second-order valence-electron chi connectivity index (χ2n) is 3.00. The Balaban J connectivity index is 0.00000225. The van der Waals surface area contributed by atoms with E-state index in [0.717, 1.165) is 0 Å². The van der Waals surface area contributed by atoms with Gasteiger partial charge in [0.25, 0.3) is 0 Å². The van der Waals surface area contributed by atoms with Crippen molar-refractivity contribution < 1.29 is 23.1 Å². The molecule has 3 N–H and O–H groups in total. The van der Waals surface area contributed by atoms with Crippen molar-refractivity contribution in [1.29, 1.82) is 0 Å². The largest absolute Gasteiger partial charge is 0.480 e. The minimum atomic E-state index is -1.42. The first kappa shape index (κ1) is 14.7. The van der Waals surface area contributed by atoms with Crippen molar-refractivity contribution in [2.75, 3.05) is 0 Å². The van der Waals surface area contributed by atoms with Crippen molar-refractivity contribution in [3.8, 4) is 0 Å². The van der Waals surface area contributed by atoms with E-state index in [1.54, 1.807) is 0 Å². The summed E-state index contributed by atoms with van der Waals surface area (Å²) in [6.07, 6.45) is -0.521. The minimum absolute atomic E-state index is 0. The van der Waals surface area contributed by atoms with Crippen LogP contribution in [-0.2, 0) is 11.2 Å². The van der Waals surface area contributed by atoms with Gasteiger partial charge in [-0.3, -0.25) is 4.79 Å².